The zero-order chi connectivity index (χ0) is 13.6. The number of hydrogen-bond donors (Lipinski definition) is 0. The molecule has 18 heavy (non-hydrogen) atoms. The molecule has 0 aliphatic heterocycles. The number of nitrogens with zero attached hydrogens (tertiary/aromatic N) is 2. The second-order valence-electron chi connectivity index (χ2n) is 4.18. The molecule has 1 unspecified atom stereocenters. The number of halogens is 1. The molecule has 1 heterocycles. The van der Waals surface area contributed by atoms with Crippen molar-refractivity contribution in [2.45, 2.75) is 25.8 Å². The molecule has 0 radical (unpaired) electrons. The van der Waals surface area contributed by atoms with Gasteiger partial charge in [-0.15, -0.1) is 11.6 Å². The molecule has 4 nitrogen and oxygen atoms in total. The molecule has 1 rings (SSSR count). The third-order valence-corrected chi connectivity index (χ3v) is 5.22. The number of rotatable bonds is 7. The van der Waals surface area contributed by atoms with Crippen molar-refractivity contribution in [3.63, 3.8) is 0 Å². The maximum absolute atomic E-state index is 12.1. The second kappa shape index (κ2) is 7.07. The molecule has 0 saturated carbocycles. The van der Waals surface area contributed by atoms with Gasteiger partial charge in [0.25, 0.3) is 0 Å². The van der Waals surface area contributed by atoms with Gasteiger partial charge in [0.05, 0.1) is 5.75 Å². The summed E-state index contributed by atoms with van der Waals surface area (Å²) in [7, 11) is -1.61. The van der Waals surface area contributed by atoms with Crippen LogP contribution in [0.2, 0.25) is 0 Å². The Labute approximate surface area is 114 Å². The third-order valence-electron chi connectivity index (χ3n) is 2.96. The first-order valence-electron chi connectivity index (χ1n) is 5.90. The Bertz CT molecular complexity index is 450. The van der Waals surface area contributed by atoms with Crippen molar-refractivity contribution >= 4 is 21.6 Å². The van der Waals surface area contributed by atoms with Crippen molar-refractivity contribution in [1.82, 2.24) is 9.29 Å². The van der Waals surface area contributed by atoms with E-state index in [1.807, 2.05) is 19.1 Å². The molecular weight excluding hydrogens is 272 g/mol. The summed E-state index contributed by atoms with van der Waals surface area (Å²) in [6.45, 7) is 1.87. The second-order valence-corrected chi connectivity index (χ2v) is 6.71. The number of hydrogen-bond acceptors (Lipinski definition) is 3. The van der Waals surface area contributed by atoms with Gasteiger partial charge in [0.1, 0.15) is 0 Å². The number of aromatic nitrogens is 1. The monoisotopic (exact) mass is 290 g/mol. The minimum atomic E-state index is -3.23. The summed E-state index contributed by atoms with van der Waals surface area (Å²) in [6, 6.07) is 3.47. The van der Waals surface area contributed by atoms with Crippen LogP contribution >= 0.6 is 11.6 Å². The molecule has 0 saturated heterocycles. The zero-order valence-electron chi connectivity index (χ0n) is 10.7. The van der Waals surface area contributed by atoms with Crippen LogP contribution in [0.1, 0.15) is 31.4 Å². The lowest BCUT2D eigenvalue weighted by Crippen LogP contribution is -2.31. The Morgan fingerprint density at radius 3 is 2.50 bits per heavy atom. The van der Waals surface area contributed by atoms with Crippen LogP contribution in [-0.2, 0) is 10.0 Å². The van der Waals surface area contributed by atoms with Gasteiger partial charge >= 0.3 is 0 Å². The Kier molecular flexibility index (Phi) is 6.05. The van der Waals surface area contributed by atoms with Crippen LogP contribution in [0.25, 0.3) is 0 Å². The lowest BCUT2D eigenvalue weighted by atomic mass is 10.1. The molecule has 1 aromatic rings. The molecule has 0 bridgehead atoms. The Morgan fingerprint density at radius 2 is 1.94 bits per heavy atom. The average molecular weight is 291 g/mol. The molecule has 1 aromatic heterocycles. The van der Waals surface area contributed by atoms with E-state index < -0.39 is 10.0 Å². The summed E-state index contributed by atoms with van der Waals surface area (Å²) >= 11 is 5.55. The minimum Gasteiger partial charge on any atom is -0.265 e. The van der Waals surface area contributed by atoms with E-state index >= 15 is 0 Å². The highest BCUT2D eigenvalue weighted by Gasteiger charge is 2.23. The van der Waals surface area contributed by atoms with E-state index in [9.17, 15) is 8.42 Å². The van der Waals surface area contributed by atoms with Gasteiger partial charge < -0.3 is 0 Å². The summed E-state index contributed by atoms with van der Waals surface area (Å²) < 4.78 is 25.6. The van der Waals surface area contributed by atoms with Crippen LogP contribution in [0.3, 0.4) is 0 Å². The van der Waals surface area contributed by atoms with Crippen LogP contribution in [0, 0.1) is 0 Å². The zero-order valence-corrected chi connectivity index (χ0v) is 12.3. The van der Waals surface area contributed by atoms with Crippen molar-refractivity contribution in [1.29, 1.82) is 0 Å². The van der Waals surface area contributed by atoms with Crippen molar-refractivity contribution in [2.24, 2.45) is 0 Å². The summed E-state index contributed by atoms with van der Waals surface area (Å²) in [4.78, 5) is 3.93. The molecule has 0 N–H and O–H groups in total. The molecule has 6 heteroatoms. The summed E-state index contributed by atoms with van der Waals surface area (Å²) in [5.74, 6) is 0.644. The highest BCUT2D eigenvalue weighted by atomic mass is 35.5. The number of pyridine rings is 1. The Hall–Kier alpha value is -0.650. The maximum Gasteiger partial charge on any atom is 0.214 e. The molecule has 1 atom stereocenters. The quantitative estimate of drug-likeness (QED) is 0.572. The van der Waals surface area contributed by atoms with E-state index in [2.05, 4.69) is 4.98 Å². The van der Waals surface area contributed by atoms with Crippen molar-refractivity contribution in [3.8, 4) is 0 Å². The summed E-state index contributed by atoms with van der Waals surface area (Å²) in [5, 5.41) is 0. The summed E-state index contributed by atoms with van der Waals surface area (Å²) in [6.07, 6.45) is 4.65. The van der Waals surface area contributed by atoms with E-state index in [-0.39, 0.29) is 11.8 Å². The molecule has 0 aliphatic carbocycles. The highest BCUT2D eigenvalue weighted by Crippen LogP contribution is 2.21. The lowest BCUT2D eigenvalue weighted by molar-refractivity contribution is 0.397. The van der Waals surface area contributed by atoms with E-state index in [4.69, 9.17) is 11.6 Å². The van der Waals surface area contributed by atoms with E-state index in [0.717, 1.165) is 12.0 Å². The van der Waals surface area contributed by atoms with Gasteiger partial charge in [-0.25, -0.2) is 8.42 Å². The van der Waals surface area contributed by atoms with Gasteiger partial charge in [0, 0.05) is 31.4 Å². The van der Waals surface area contributed by atoms with Crippen molar-refractivity contribution in [2.75, 3.05) is 18.7 Å². The van der Waals surface area contributed by atoms with Crippen LogP contribution in [0.5, 0.6) is 0 Å². The smallest absolute Gasteiger partial charge is 0.214 e. The fraction of sp³-hybridized carbons (Fsp3) is 0.583. The molecule has 0 aromatic carbocycles. The van der Waals surface area contributed by atoms with Gasteiger partial charge in [-0.1, -0.05) is 0 Å². The normalized spacial score (nSPS) is 13.8. The minimum absolute atomic E-state index is 0.144. The van der Waals surface area contributed by atoms with Crippen LogP contribution in [-0.4, -0.2) is 36.4 Å². The van der Waals surface area contributed by atoms with Crippen molar-refractivity contribution in [3.05, 3.63) is 30.1 Å². The highest BCUT2D eigenvalue weighted by molar-refractivity contribution is 7.89. The molecule has 0 spiro atoms. The predicted molar refractivity (Wildman–Crippen MR) is 74.2 cm³/mol. The topological polar surface area (TPSA) is 50.3 Å². The standard InChI is InChI=1S/C12H19ClN2O2S/c1-11(12-5-8-14-9-6-12)15(2)18(16,17)10-4-3-7-13/h5-6,8-9,11H,3-4,7,10H2,1-2H3. The first-order valence-corrected chi connectivity index (χ1v) is 8.05. The summed E-state index contributed by atoms with van der Waals surface area (Å²) in [5.41, 5.74) is 0.938. The Balaban J connectivity index is 2.71. The van der Waals surface area contributed by atoms with Gasteiger partial charge in [-0.05, 0) is 37.5 Å². The Morgan fingerprint density at radius 1 is 1.33 bits per heavy atom. The van der Waals surface area contributed by atoms with E-state index in [1.54, 1.807) is 19.4 Å². The van der Waals surface area contributed by atoms with Gasteiger partial charge in [0.15, 0.2) is 0 Å². The first kappa shape index (κ1) is 15.4. The molecule has 102 valence electrons. The van der Waals surface area contributed by atoms with Gasteiger partial charge in [-0.3, -0.25) is 4.98 Å². The molecular formula is C12H19ClN2O2S. The lowest BCUT2D eigenvalue weighted by Gasteiger charge is -2.24. The predicted octanol–water partition coefficient (Wildman–Crippen LogP) is 2.42. The molecule has 0 aliphatic rings. The van der Waals surface area contributed by atoms with E-state index in [1.165, 1.54) is 4.31 Å². The average Bonchev–Trinajstić information content (AvgIpc) is 2.38. The number of alkyl halides is 1. The van der Waals surface area contributed by atoms with E-state index in [0.29, 0.717) is 12.3 Å². The van der Waals surface area contributed by atoms with Crippen LogP contribution in [0.4, 0.5) is 0 Å². The first-order chi connectivity index (χ1) is 8.49. The molecule has 0 fully saturated rings. The van der Waals surface area contributed by atoms with Gasteiger partial charge in [-0.2, -0.15) is 4.31 Å². The van der Waals surface area contributed by atoms with Crippen LogP contribution < -0.4 is 0 Å². The van der Waals surface area contributed by atoms with Gasteiger partial charge in [0.2, 0.25) is 10.0 Å². The third kappa shape index (κ3) is 4.23. The largest absolute Gasteiger partial charge is 0.265 e. The number of sulfonamides is 1. The van der Waals surface area contributed by atoms with Crippen molar-refractivity contribution < 1.29 is 8.42 Å². The number of unbranched alkanes of at least 4 members (excludes halogenated alkanes) is 1. The van der Waals surface area contributed by atoms with Crippen LogP contribution in [0.15, 0.2) is 24.5 Å². The fourth-order valence-electron chi connectivity index (χ4n) is 1.62. The fourth-order valence-corrected chi connectivity index (χ4v) is 3.27. The maximum atomic E-state index is 12.1. The molecule has 0 amide bonds. The SMILES string of the molecule is CC(c1ccncc1)N(C)S(=O)(=O)CCCCCl.